The van der Waals surface area contributed by atoms with E-state index in [1.165, 1.54) is 0 Å². The zero-order valence-corrected chi connectivity index (χ0v) is 17.9. The Labute approximate surface area is 165 Å². The fourth-order valence-electron chi connectivity index (χ4n) is 2.28. The third-order valence-electron chi connectivity index (χ3n) is 3.46. The van der Waals surface area contributed by atoms with Crippen molar-refractivity contribution in [2.24, 2.45) is 8.80 Å². The van der Waals surface area contributed by atoms with Gasteiger partial charge in [-0.15, -0.1) is 8.80 Å². The molecule has 152 valence electrons. The predicted octanol–water partition coefficient (Wildman–Crippen LogP) is 0.371. The van der Waals surface area contributed by atoms with Crippen molar-refractivity contribution in [3.63, 3.8) is 0 Å². The van der Waals surface area contributed by atoms with Crippen LogP contribution in [-0.4, -0.2) is 83.5 Å². The Hall–Kier alpha value is -1.56. The molecule has 0 saturated carbocycles. The van der Waals surface area contributed by atoms with Gasteiger partial charge in [-0.25, -0.2) is 0 Å². The molecular weight excluding hydrogens is 388 g/mol. The molecule has 0 atom stereocenters. The van der Waals surface area contributed by atoms with E-state index >= 15 is 0 Å². The third kappa shape index (κ3) is 7.91. The molecule has 1 aliphatic rings. The minimum atomic E-state index is -3.78. The molecule has 1 aromatic rings. The van der Waals surface area contributed by atoms with Crippen LogP contribution in [0, 0.1) is 0 Å². The van der Waals surface area contributed by atoms with Gasteiger partial charge in [0.1, 0.15) is 11.5 Å². The average molecular weight is 417 g/mol. The lowest BCUT2D eigenvalue weighted by molar-refractivity contribution is 0.344. The monoisotopic (exact) mass is 416 g/mol. The molecule has 27 heavy (non-hydrogen) atoms. The molecule has 0 amide bonds. The first-order chi connectivity index (χ1) is 12.7. The van der Waals surface area contributed by atoms with Crippen molar-refractivity contribution in [1.29, 1.82) is 0 Å². The van der Waals surface area contributed by atoms with Crippen molar-refractivity contribution in [3.05, 3.63) is 23.7 Å². The Bertz CT molecular complexity index is 771. The first-order valence-electron chi connectivity index (χ1n) is 8.63. The van der Waals surface area contributed by atoms with E-state index in [0.29, 0.717) is 13.1 Å². The first kappa shape index (κ1) is 21.7. The largest absolute Gasteiger partial charge is 0.464 e. The Balaban J connectivity index is 1.72. The molecule has 0 spiro atoms. The molecule has 0 aromatic carbocycles. The number of nitrogens with zero attached hydrogens (tertiary/aromatic N) is 4. The van der Waals surface area contributed by atoms with E-state index in [4.69, 9.17) is 4.42 Å². The molecule has 0 radical (unpaired) electrons. The number of rotatable bonds is 10. The lowest BCUT2D eigenvalue weighted by Crippen LogP contribution is -2.41. The van der Waals surface area contributed by atoms with Gasteiger partial charge in [0.2, 0.25) is 0 Å². The maximum Gasteiger partial charge on any atom is 0.367 e. The fraction of sp³-hybridized carbons (Fsp3) is 0.625. The van der Waals surface area contributed by atoms with Crippen molar-refractivity contribution in [3.8, 4) is 0 Å². The summed E-state index contributed by atoms with van der Waals surface area (Å²) in [5, 5.41) is 6.06. The SMILES string of the molecule is CN(C)CCNC1=NS(=O)(=O)N=C1NCCSCc1ccc(CN(C)C)o1. The molecule has 11 heteroatoms. The van der Waals surface area contributed by atoms with E-state index in [-0.39, 0.29) is 11.7 Å². The summed E-state index contributed by atoms with van der Waals surface area (Å²) in [7, 11) is 4.12. The van der Waals surface area contributed by atoms with Gasteiger partial charge in [-0.2, -0.15) is 20.2 Å². The number of hydrogen-bond acceptors (Lipinski definition) is 8. The summed E-state index contributed by atoms with van der Waals surface area (Å²) in [6.07, 6.45) is 0. The Morgan fingerprint density at radius 1 is 1.00 bits per heavy atom. The maximum atomic E-state index is 11.6. The predicted molar refractivity (Wildman–Crippen MR) is 111 cm³/mol. The van der Waals surface area contributed by atoms with Crippen LogP contribution in [0.1, 0.15) is 11.5 Å². The number of furan rings is 1. The molecular formula is C16H28N6O3S2. The quantitative estimate of drug-likeness (QED) is 0.528. The maximum absolute atomic E-state index is 11.6. The minimum Gasteiger partial charge on any atom is -0.464 e. The van der Waals surface area contributed by atoms with E-state index in [2.05, 4.69) is 24.3 Å². The molecule has 1 aromatic heterocycles. The molecule has 0 saturated heterocycles. The lowest BCUT2D eigenvalue weighted by atomic mass is 10.4. The van der Waals surface area contributed by atoms with E-state index < -0.39 is 10.2 Å². The summed E-state index contributed by atoms with van der Waals surface area (Å²) >= 11 is 1.70. The van der Waals surface area contributed by atoms with E-state index in [1.807, 2.05) is 45.2 Å². The summed E-state index contributed by atoms with van der Waals surface area (Å²) < 4.78 is 36.3. The van der Waals surface area contributed by atoms with E-state index in [0.717, 1.165) is 36.1 Å². The molecule has 0 bridgehead atoms. The molecule has 2 rings (SSSR count). The van der Waals surface area contributed by atoms with Crippen LogP contribution in [0.25, 0.3) is 0 Å². The highest BCUT2D eigenvalue weighted by atomic mass is 32.2. The molecule has 0 aliphatic carbocycles. The van der Waals surface area contributed by atoms with Gasteiger partial charge in [0.25, 0.3) is 0 Å². The number of nitrogens with one attached hydrogen (secondary N) is 2. The molecule has 1 aliphatic heterocycles. The van der Waals surface area contributed by atoms with Crippen molar-refractivity contribution >= 4 is 33.6 Å². The molecule has 0 unspecified atom stereocenters. The highest BCUT2D eigenvalue weighted by Crippen LogP contribution is 2.16. The highest BCUT2D eigenvalue weighted by molar-refractivity contribution is 7.98. The number of thioether (sulfide) groups is 1. The minimum absolute atomic E-state index is 0.278. The Morgan fingerprint density at radius 3 is 2.26 bits per heavy atom. The summed E-state index contributed by atoms with van der Waals surface area (Å²) in [5.74, 6) is 3.99. The highest BCUT2D eigenvalue weighted by Gasteiger charge is 2.23. The average Bonchev–Trinajstić information content (AvgIpc) is 3.10. The van der Waals surface area contributed by atoms with Gasteiger partial charge in [-0.3, -0.25) is 0 Å². The van der Waals surface area contributed by atoms with Crippen LogP contribution in [0.3, 0.4) is 0 Å². The smallest absolute Gasteiger partial charge is 0.367 e. The van der Waals surface area contributed by atoms with Gasteiger partial charge < -0.3 is 24.9 Å². The standard InChI is InChI=1S/C16H28N6O3S2/c1-21(2)9-7-17-15-16(20-27(23,24)19-15)18-8-10-26-12-14-6-5-13(25-14)11-22(3)4/h5-6H,7-12H2,1-4H3,(H,17,19)(H,18,20). The molecule has 0 fully saturated rings. The Kier molecular flexibility index (Phi) is 8.14. The molecule has 2 heterocycles. The van der Waals surface area contributed by atoms with Crippen LogP contribution in [-0.2, 0) is 22.5 Å². The zero-order valence-electron chi connectivity index (χ0n) is 16.2. The second-order valence-electron chi connectivity index (χ2n) is 6.64. The van der Waals surface area contributed by atoms with Crippen molar-refractivity contribution in [1.82, 2.24) is 20.4 Å². The second kappa shape index (κ2) is 10.1. The summed E-state index contributed by atoms with van der Waals surface area (Å²) in [5.41, 5.74) is 0. The normalized spacial score (nSPS) is 15.9. The summed E-state index contributed by atoms with van der Waals surface area (Å²) in [6.45, 7) is 2.72. The zero-order chi connectivity index (χ0) is 19.9. The second-order valence-corrected chi connectivity index (χ2v) is 9.01. The van der Waals surface area contributed by atoms with Crippen LogP contribution in [0.4, 0.5) is 0 Å². The van der Waals surface area contributed by atoms with Crippen LogP contribution in [0.15, 0.2) is 25.3 Å². The van der Waals surface area contributed by atoms with Crippen molar-refractivity contribution in [2.75, 3.05) is 53.6 Å². The van der Waals surface area contributed by atoms with Crippen LogP contribution < -0.4 is 10.6 Å². The van der Waals surface area contributed by atoms with Crippen LogP contribution in [0.2, 0.25) is 0 Å². The van der Waals surface area contributed by atoms with E-state index in [9.17, 15) is 8.42 Å². The number of hydrogen-bond donors (Lipinski definition) is 2. The van der Waals surface area contributed by atoms with E-state index in [1.54, 1.807) is 11.8 Å². The third-order valence-corrected chi connectivity index (χ3v) is 5.27. The van der Waals surface area contributed by atoms with Gasteiger partial charge >= 0.3 is 10.2 Å². The first-order valence-corrected chi connectivity index (χ1v) is 11.2. The van der Waals surface area contributed by atoms with Gasteiger partial charge in [-0.05, 0) is 40.3 Å². The van der Waals surface area contributed by atoms with Gasteiger partial charge in [0.05, 0.1) is 12.3 Å². The van der Waals surface area contributed by atoms with Gasteiger partial charge in [-0.1, -0.05) is 0 Å². The van der Waals surface area contributed by atoms with Crippen molar-refractivity contribution in [2.45, 2.75) is 12.3 Å². The summed E-state index contributed by atoms with van der Waals surface area (Å²) in [4.78, 5) is 4.05. The number of likely N-dealkylation sites (N-methyl/N-ethyl adjacent to an activating group) is 1. The van der Waals surface area contributed by atoms with Crippen LogP contribution >= 0.6 is 11.8 Å². The number of amidine groups is 2. The molecule has 9 nitrogen and oxygen atoms in total. The Morgan fingerprint density at radius 2 is 1.63 bits per heavy atom. The molecule has 2 N–H and O–H groups in total. The van der Waals surface area contributed by atoms with Crippen LogP contribution in [0.5, 0.6) is 0 Å². The van der Waals surface area contributed by atoms with Crippen molar-refractivity contribution < 1.29 is 12.8 Å². The lowest BCUT2D eigenvalue weighted by Gasteiger charge is -2.12. The fourth-order valence-corrected chi connectivity index (χ4v) is 3.83. The summed E-state index contributed by atoms with van der Waals surface area (Å²) in [6, 6.07) is 3.99. The topological polar surface area (TPSA) is 103 Å². The van der Waals surface area contributed by atoms with Gasteiger partial charge in [0.15, 0.2) is 11.7 Å². The van der Waals surface area contributed by atoms with Gasteiger partial charge in [0, 0.05) is 25.4 Å².